The van der Waals surface area contributed by atoms with Crippen LogP contribution in [0, 0.1) is 20.8 Å². The molecule has 0 fully saturated rings. The van der Waals surface area contributed by atoms with Crippen LogP contribution in [0.2, 0.25) is 16.7 Å². The van der Waals surface area contributed by atoms with Crippen molar-refractivity contribution in [2.24, 2.45) is 0 Å². The van der Waals surface area contributed by atoms with Crippen LogP contribution in [0.25, 0.3) is 5.57 Å². The van der Waals surface area contributed by atoms with Gasteiger partial charge >= 0.3 is 198 Å². The molecular formula is C29H36SiZr. The molecule has 1 unspecified atom stereocenters. The molecule has 0 heterocycles. The van der Waals surface area contributed by atoms with Gasteiger partial charge in [-0.1, -0.05) is 0 Å². The molecule has 160 valence electrons. The van der Waals surface area contributed by atoms with E-state index in [1.165, 1.54) is 33.4 Å². The van der Waals surface area contributed by atoms with Crippen molar-refractivity contribution in [3.63, 3.8) is 0 Å². The molecule has 2 aliphatic rings. The van der Waals surface area contributed by atoms with E-state index in [1.54, 1.807) is 27.9 Å². The third kappa shape index (κ3) is 3.79. The minimum absolute atomic E-state index is 0.335. The van der Waals surface area contributed by atoms with Crippen molar-refractivity contribution in [3.8, 4) is 0 Å². The van der Waals surface area contributed by atoms with Gasteiger partial charge in [0.05, 0.1) is 0 Å². The Bertz CT molecular complexity index is 1170. The number of allylic oxidation sites excluding steroid dienone is 5. The van der Waals surface area contributed by atoms with Crippen LogP contribution < -0.4 is 0 Å². The molecule has 2 heteroatoms. The van der Waals surface area contributed by atoms with Crippen molar-refractivity contribution < 1.29 is 20.4 Å². The molecule has 1 atom stereocenters. The number of fused-ring (bicyclic) bond motifs is 1. The molecule has 0 N–H and O–H groups in total. The summed E-state index contributed by atoms with van der Waals surface area (Å²) in [6, 6.07) is 14.1. The normalized spacial score (nSPS) is 18.6. The summed E-state index contributed by atoms with van der Waals surface area (Å²) < 4.78 is 1.47. The molecule has 0 bridgehead atoms. The molecular weight excluding hydrogens is 468 g/mol. The molecule has 2 aliphatic carbocycles. The van der Waals surface area contributed by atoms with Crippen molar-refractivity contribution >= 4 is 11.0 Å². The van der Waals surface area contributed by atoms with Gasteiger partial charge in [0.2, 0.25) is 0 Å². The van der Waals surface area contributed by atoms with Gasteiger partial charge < -0.3 is 0 Å². The SMILES string of the molecule is CC1=C(C)[CH]([Zr]([CH]2C=C(c3cc(C)c(C)c(C)c3)c3ccccc32)=[Si](C)C)C(C)=C1C. The summed E-state index contributed by atoms with van der Waals surface area (Å²) in [7, 11) is 0. The predicted molar refractivity (Wildman–Crippen MR) is 135 cm³/mol. The van der Waals surface area contributed by atoms with Crippen LogP contribution in [0.5, 0.6) is 0 Å². The van der Waals surface area contributed by atoms with Crippen LogP contribution >= 0.6 is 0 Å². The standard InChI is InChI=1S/C18H17.C9H13.C2H6Si.Zr/c1-12-10-16(11-13(2)14(12)3)18-9-8-15-6-4-5-7-17(15)18;1-6-5-7(2)9(4)8(6)3;1-3-2;/h4-11H,1-3H3;5H,1-4H3;1-2H3;. The zero-order valence-electron chi connectivity index (χ0n) is 20.7. The molecule has 2 aromatic carbocycles. The second-order valence-electron chi connectivity index (χ2n) is 9.88. The van der Waals surface area contributed by atoms with Crippen LogP contribution in [0.4, 0.5) is 0 Å². The average Bonchev–Trinajstić information content (AvgIpc) is 3.19. The van der Waals surface area contributed by atoms with E-state index in [4.69, 9.17) is 0 Å². The van der Waals surface area contributed by atoms with Crippen molar-refractivity contribution in [1.82, 2.24) is 0 Å². The first-order valence-corrected chi connectivity index (χ1v) is 20.6. The summed E-state index contributed by atoms with van der Waals surface area (Å²) in [5.74, 6) is 0. The molecule has 0 radical (unpaired) electrons. The van der Waals surface area contributed by atoms with E-state index in [2.05, 4.69) is 104 Å². The summed E-state index contributed by atoms with van der Waals surface area (Å²) in [5.41, 5.74) is 16.5. The summed E-state index contributed by atoms with van der Waals surface area (Å²) in [6.45, 7) is 21.6. The third-order valence-electron chi connectivity index (χ3n) is 7.99. The first kappa shape index (κ1) is 22.9. The Hall–Kier alpha value is -1.24. The van der Waals surface area contributed by atoms with Gasteiger partial charge in [0.1, 0.15) is 0 Å². The van der Waals surface area contributed by atoms with E-state index in [9.17, 15) is 0 Å². The zero-order valence-corrected chi connectivity index (χ0v) is 24.2. The van der Waals surface area contributed by atoms with Gasteiger partial charge in [-0.2, -0.15) is 0 Å². The first-order valence-electron chi connectivity index (χ1n) is 11.5. The molecule has 0 saturated heterocycles. The third-order valence-corrected chi connectivity index (χ3v) is 27.7. The first-order chi connectivity index (χ1) is 14.6. The molecule has 0 aromatic heterocycles. The van der Waals surface area contributed by atoms with Gasteiger partial charge in [-0.3, -0.25) is 0 Å². The molecule has 2 aromatic rings. The molecule has 0 spiro atoms. The number of benzene rings is 2. The fraction of sp³-hybridized carbons (Fsp3) is 0.379. The van der Waals surface area contributed by atoms with E-state index in [0.29, 0.717) is 3.63 Å². The van der Waals surface area contributed by atoms with Crippen molar-refractivity contribution in [3.05, 3.63) is 98.1 Å². The monoisotopic (exact) mass is 502 g/mol. The molecule has 0 saturated carbocycles. The van der Waals surface area contributed by atoms with Crippen LogP contribution in [0.15, 0.2) is 64.8 Å². The van der Waals surface area contributed by atoms with Crippen molar-refractivity contribution in [2.45, 2.75) is 68.8 Å². The Labute approximate surface area is 197 Å². The Balaban J connectivity index is 1.92. The van der Waals surface area contributed by atoms with Crippen LogP contribution in [-0.2, 0) is 20.4 Å². The van der Waals surface area contributed by atoms with E-state index < -0.39 is 20.4 Å². The predicted octanol–water partition coefficient (Wildman–Crippen LogP) is 8.44. The van der Waals surface area contributed by atoms with Gasteiger partial charge in [0, 0.05) is 0 Å². The Morgan fingerprint density at radius 1 is 0.774 bits per heavy atom. The summed E-state index contributed by atoms with van der Waals surface area (Å²) in [6.07, 6.45) is 2.71. The van der Waals surface area contributed by atoms with Crippen LogP contribution in [0.1, 0.15) is 64.7 Å². The fourth-order valence-corrected chi connectivity index (χ4v) is 26.2. The second-order valence-corrected chi connectivity index (χ2v) is 27.9. The molecule has 0 amide bonds. The Morgan fingerprint density at radius 3 is 1.87 bits per heavy atom. The summed E-state index contributed by atoms with van der Waals surface area (Å²) >= 11 is -1.88. The van der Waals surface area contributed by atoms with Crippen molar-refractivity contribution in [1.29, 1.82) is 0 Å². The zero-order chi connectivity index (χ0) is 22.6. The van der Waals surface area contributed by atoms with Gasteiger partial charge in [0.15, 0.2) is 0 Å². The van der Waals surface area contributed by atoms with E-state index in [0.717, 1.165) is 3.63 Å². The summed E-state index contributed by atoms with van der Waals surface area (Å²) in [4.78, 5) is 0. The van der Waals surface area contributed by atoms with E-state index in [1.807, 2.05) is 0 Å². The van der Waals surface area contributed by atoms with Crippen LogP contribution in [-0.4, -0.2) is 5.43 Å². The van der Waals surface area contributed by atoms with Gasteiger partial charge in [-0.25, -0.2) is 0 Å². The Morgan fingerprint density at radius 2 is 1.32 bits per heavy atom. The molecule has 0 nitrogen and oxygen atoms in total. The number of hydrogen-bond donors (Lipinski definition) is 0. The summed E-state index contributed by atoms with van der Waals surface area (Å²) in [5, 5.41) is 0. The van der Waals surface area contributed by atoms with Gasteiger partial charge in [-0.05, 0) is 0 Å². The van der Waals surface area contributed by atoms with E-state index in [-0.39, 0.29) is 5.43 Å². The molecule has 4 rings (SSSR count). The van der Waals surface area contributed by atoms with Crippen molar-refractivity contribution in [2.75, 3.05) is 0 Å². The fourth-order valence-electron chi connectivity index (χ4n) is 5.65. The average molecular weight is 504 g/mol. The second kappa shape index (κ2) is 8.60. The maximum atomic E-state index is 2.71. The number of rotatable bonds is 3. The van der Waals surface area contributed by atoms with Gasteiger partial charge in [0.25, 0.3) is 0 Å². The van der Waals surface area contributed by atoms with Crippen LogP contribution in [0.3, 0.4) is 0 Å². The molecule has 31 heavy (non-hydrogen) atoms. The Kier molecular flexibility index (Phi) is 6.36. The minimum atomic E-state index is -1.88. The number of hydrogen-bond acceptors (Lipinski definition) is 0. The molecule has 0 aliphatic heterocycles. The maximum absolute atomic E-state index is 2.71. The topological polar surface area (TPSA) is 0 Å². The number of aryl methyl sites for hydroxylation is 2. The van der Waals surface area contributed by atoms with Gasteiger partial charge in [-0.15, -0.1) is 0 Å². The quantitative estimate of drug-likeness (QED) is 0.369. The van der Waals surface area contributed by atoms with E-state index >= 15 is 0 Å².